The summed E-state index contributed by atoms with van der Waals surface area (Å²) in [4.78, 5) is 1.77. The van der Waals surface area contributed by atoms with Crippen LogP contribution in [0.4, 0.5) is 18.9 Å². The van der Waals surface area contributed by atoms with E-state index in [1.807, 2.05) is 0 Å². The zero-order valence-corrected chi connectivity index (χ0v) is 11.5. The van der Waals surface area contributed by atoms with Crippen LogP contribution in [-0.2, 0) is 6.18 Å². The summed E-state index contributed by atoms with van der Waals surface area (Å²) in [7, 11) is 1.75. The van der Waals surface area contributed by atoms with E-state index >= 15 is 0 Å². The number of anilines is 1. The number of nitrogens with one attached hydrogen (secondary N) is 1. The minimum Gasteiger partial charge on any atom is -0.371 e. The number of piperidine rings is 1. The van der Waals surface area contributed by atoms with Crippen LogP contribution in [0.1, 0.15) is 18.4 Å². The molecule has 1 aromatic rings. The number of rotatable bonds is 2. The minimum atomic E-state index is -4.29. The van der Waals surface area contributed by atoms with E-state index in [9.17, 15) is 13.2 Å². The van der Waals surface area contributed by atoms with E-state index in [0.717, 1.165) is 32.0 Å². The standard InChI is InChI=1S/C13H17F3N2.ClH/c1-18(10-6-8-17-9-7-10)12-5-3-2-4-11(12)13(14,15)16;/h2-5,10,17H,6-9H2,1H3;1H. The van der Waals surface area contributed by atoms with Crippen molar-refractivity contribution in [3.05, 3.63) is 29.8 Å². The summed E-state index contributed by atoms with van der Waals surface area (Å²) in [6, 6.07) is 5.96. The quantitative estimate of drug-likeness (QED) is 0.900. The van der Waals surface area contributed by atoms with Crippen LogP contribution >= 0.6 is 12.4 Å². The topological polar surface area (TPSA) is 15.3 Å². The molecule has 0 saturated carbocycles. The average Bonchev–Trinajstić information content (AvgIpc) is 2.38. The molecule has 1 saturated heterocycles. The third kappa shape index (κ3) is 3.76. The van der Waals surface area contributed by atoms with Crippen LogP contribution in [0.5, 0.6) is 0 Å². The monoisotopic (exact) mass is 294 g/mol. The Hall–Kier alpha value is -0.940. The number of benzene rings is 1. The molecule has 0 amide bonds. The van der Waals surface area contributed by atoms with Crippen molar-refractivity contribution in [1.29, 1.82) is 0 Å². The molecule has 19 heavy (non-hydrogen) atoms. The normalized spacial score (nSPS) is 16.8. The highest BCUT2D eigenvalue weighted by atomic mass is 35.5. The smallest absolute Gasteiger partial charge is 0.371 e. The lowest BCUT2D eigenvalue weighted by atomic mass is 10.0. The van der Waals surface area contributed by atoms with Crippen LogP contribution in [0, 0.1) is 0 Å². The van der Waals surface area contributed by atoms with Gasteiger partial charge in [-0.3, -0.25) is 0 Å². The number of para-hydroxylation sites is 1. The van der Waals surface area contributed by atoms with Crippen molar-refractivity contribution in [3.63, 3.8) is 0 Å². The number of hydrogen-bond donors (Lipinski definition) is 1. The lowest BCUT2D eigenvalue weighted by molar-refractivity contribution is -0.137. The van der Waals surface area contributed by atoms with Gasteiger partial charge in [-0.15, -0.1) is 12.4 Å². The zero-order valence-electron chi connectivity index (χ0n) is 10.7. The summed E-state index contributed by atoms with van der Waals surface area (Å²) in [5, 5.41) is 3.22. The van der Waals surface area contributed by atoms with Crippen molar-refractivity contribution < 1.29 is 13.2 Å². The molecule has 1 aliphatic heterocycles. The third-order valence-corrected chi connectivity index (χ3v) is 3.45. The summed E-state index contributed by atoms with van der Waals surface area (Å²) < 4.78 is 38.8. The van der Waals surface area contributed by atoms with Gasteiger partial charge in [0.05, 0.1) is 5.56 Å². The zero-order chi connectivity index (χ0) is 13.2. The number of hydrogen-bond acceptors (Lipinski definition) is 2. The second-order valence-electron chi connectivity index (χ2n) is 4.61. The van der Waals surface area contributed by atoms with Crippen LogP contribution in [-0.4, -0.2) is 26.2 Å². The molecule has 1 aliphatic rings. The Morgan fingerprint density at radius 2 is 1.74 bits per heavy atom. The maximum absolute atomic E-state index is 12.9. The Kier molecular flexibility index (Phi) is 5.50. The molecule has 6 heteroatoms. The molecule has 1 aromatic carbocycles. The van der Waals surface area contributed by atoms with Gasteiger partial charge in [0, 0.05) is 18.8 Å². The van der Waals surface area contributed by atoms with E-state index in [0.29, 0.717) is 0 Å². The van der Waals surface area contributed by atoms with E-state index in [1.54, 1.807) is 24.1 Å². The summed E-state index contributed by atoms with van der Waals surface area (Å²) in [5.74, 6) is 0. The Labute approximate surface area is 117 Å². The molecule has 0 radical (unpaired) electrons. The van der Waals surface area contributed by atoms with E-state index < -0.39 is 11.7 Å². The molecule has 1 fully saturated rings. The van der Waals surface area contributed by atoms with E-state index in [1.165, 1.54) is 6.07 Å². The molecular formula is C13H18ClF3N2. The SMILES string of the molecule is CN(c1ccccc1C(F)(F)F)C1CCNCC1.Cl. The Bertz CT molecular complexity index is 403. The largest absolute Gasteiger partial charge is 0.418 e. The lowest BCUT2D eigenvalue weighted by Crippen LogP contribution is -2.41. The third-order valence-electron chi connectivity index (χ3n) is 3.45. The molecule has 2 nitrogen and oxygen atoms in total. The van der Waals surface area contributed by atoms with Crippen molar-refractivity contribution in [3.8, 4) is 0 Å². The highest BCUT2D eigenvalue weighted by Crippen LogP contribution is 2.37. The van der Waals surface area contributed by atoms with Gasteiger partial charge in [0.15, 0.2) is 0 Å². The predicted molar refractivity (Wildman–Crippen MR) is 73.0 cm³/mol. The van der Waals surface area contributed by atoms with Crippen LogP contribution in [0.25, 0.3) is 0 Å². The van der Waals surface area contributed by atoms with Crippen molar-refractivity contribution in [2.75, 3.05) is 25.0 Å². The van der Waals surface area contributed by atoms with E-state index in [-0.39, 0.29) is 24.1 Å². The Morgan fingerprint density at radius 3 is 2.32 bits per heavy atom. The first-order valence-electron chi connectivity index (χ1n) is 6.10. The summed E-state index contributed by atoms with van der Waals surface area (Å²) in [5.41, 5.74) is -0.275. The number of alkyl halides is 3. The van der Waals surface area contributed by atoms with Crippen molar-refractivity contribution in [1.82, 2.24) is 5.32 Å². The van der Waals surface area contributed by atoms with Gasteiger partial charge in [-0.1, -0.05) is 12.1 Å². The summed E-state index contributed by atoms with van der Waals surface area (Å²) in [6.45, 7) is 1.73. The van der Waals surface area contributed by atoms with Crippen molar-refractivity contribution in [2.24, 2.45) is 0 Å². The molecule has 2 rings (SSSR count). The first kappa shape index (κ1) is 16.1. The maximum atomic E-state index is 12.9. The van der Waals surface area contributed by atoms with Gasteiger partial charge in [-0.05, 0) is 38.1 Å². The van der Waals surface area contributed by atoms with Gasteiger partial charge in [0.1, 0.15) is 0 Å². The van der Waals surface area contributed by atoms with Gasteiger partial charge in [-0.2, -0.15) is 13.2 Å². The first-order valence-corrected chi connectivity index (χ1v) is 6.10. The molecule has 0 atom stereocenters. The first-order chi connectivity index (χ1) is 8.50. The number of halogens is 4. The Balaban J connectivity index is 0.00000180. The van der Waals surface area contributed by atoms with Crippen LogP contribution in [0.15, 0.2) is 24.3 Å². The van der Waals surface area contributed by atoms with Crippen molar-refractivity contribution >= 4 is 18.1 Å². The highest BCUT2D eigenvalue weighted by molar-refractivity contribution is 5.85. The molecule has 0 unspecified atom stereocenters. The molecule has 0 bridgehead atoms. The van der Waals surface area contributed by atoms with Crippen molar-refractivity contribution in [2.45, 2.75) is 25.1 Å². The van der Waals surface area contributed by atoms with Crippen LogP contribution in [0.3, 0.4) is 0 Å². The molecule has 0 spiro atoms. The molecule has 108 valence electrons. The van der Waals surface area contributed by atoms with Gasteiger partial charge in [0.25, 0.3) is 0 Å². The van der Waals surface area contributed by atoms with E-state index in [2.05, 4.69) is 5.32 Å². The maximum Gasteiger partial charge on any atom is 0.418 e. The average molecular weight is 295 g/mol. The molecule has 1 heterocycles. The van der Waals surface area contributed by atoms with Gasteiger partial charge < -0.3 is 10.2 Å². The summed E-state index contributed by atoms with van der Waals surface area (Å²) >= 11 is 0. The van der Waals surface area contributed by atoms with Gasteiger partial charge >= 0.3 is 6.18 Å². The fourth-order valence-electron chi connectivity index (χ4n) is 2.41. The molecule has 0 aromatic heterocycles. The predicted octanol–water partition coefficient (Wildman–Crippen LogP) is 3.32. The summed E-state index contributed by atoms with van der Waals surface area (Å²) in [6.07, 6.45) is -2.54. The fraction of sp³-hybridized carbons (Fsp3) is 0.538. The second-order valence-corrected chi connectivity index (χ2v) is 4.61. The van der Waals surface area contributed by atoms with Crippen LogP contribution in [0.2, 0.25) is 0 Å². The van der Waals surface area contributed by atoms with Gasteiger partial charge in [0.2, 0.25) is 0 Å². The Morgan fingerprint density at radius 1 is 1.16 bits per heavy atom. The second kappa shape index (κ2) is 6.48. The molecule has 0 aliphatic carbocycles. The molecule has 1 N–H and O–H groups in total. The van der Waals surface area contributed by atoms with Crippen LogP contribution < -0.4 is 10.2 Å². The highest BCUT2D eigenvalue weighted by Gasteiger charge is 2.35. The molecular weight excluding hydrogens is 277 g/mol. The number of nitrogens with zero attached hydrogens (tertiary/aromatic N) is 1. The van der Waals surface area contributed by atoms with Gasteiger partial charge in [-0.25, -0.2) is 0 Å². The van der Waals surface area contributed by atoms with E-state index in [4.69, 9.17) is 0 Å². The minimum absolute atomic E-state index is 0. The fourth-order valence-corrected chi connectivity index (χ4v) is 2.41. The lowest BCUT2D eigenvalue weighted by Gasteiger charge is -2.34.